The molecule has 0 aromatic heterocycles. The van der Waals surface area contributed by atoms with Crippen LogP contribution >= 0.6 is 0 Å². The molecule has 2 aromatic carbocycles. The van der Waals surface area contributed by atoms with Crippen LogP contribution in [0.25, 0.3) is 0 Å². The molecule has 0 heterocycles. The third-order valence-corrected chi connectivity index (χ3v) is 3.34. The molecule has 0 saturated heterocycles. The van der Waals surface area contributed by atoms with Crippen molar-refractivity contribution in [3.05, 3.63) is 70.8 Å². The lowest BCUT2D eigenvalue weighted by molar-refractivity contribution is 0.192. The standard InChI is InChI=1S/C17H18N2O4/c20-16(21)18-10-14-5-1-12(2-6-14)9-13-3-7-15(8-4-13)11-19-17(22)23/h1-8,18-19H,9-11H2,(H,20,21)(H,22,23). The van der Waals surface area contributed by atoms with Gasteiger partial charge in [-0.2, -0.15) is 0 Å². The van der Waals surface area contributed by atoms with E-state index in [1.54, 1.807) is 0 Å². The first-order valence-electron chi connectivity index (χ1n) is 7.12. The zero-order chi connectivity index (χ0) is 16.7. The Bertz CT molecular complexity index is 606. The predicted octanol–water partition coefficient (Wildman–Crippen LogP) is 2.81. The average molecular weight is 314 g/mol. The van der Waals surface area contributed by atoms with Crippen LogP contribution in [0, 0.1) is 0 Å². The maximum Gasteiger partial charge on any atom is 0.404 e. The second-order valence-corrected chi connectivity index (χ2v) is 5.13. The van der Waals surface area contributed by atoms with Crippen LogP contribution in [0.5, 0.6) is 0 Å². The van der Waals surface area contributed by atoms with Gasteiger partial charge in [0.05, 0.1) is 0 Å². The Kier molecular flexibility index (Phi) is 5.57. The van der Waals surface area contributed by atoms with Gasteiger partial charge in [-0.05, 0) is 28.7 Å². The van der Waals surface area contributed by atoms with Crippen LogP contribution in [-0.4, -0.2) is 22.4 Å². The highest BCUT2D eigenvalue weighted by Gasteiger charge is 2.01. The fourth-order valence-electron chi connectivity index (χ4n) is 2.14. The van der Waals surface area contributed by atoms with E-state index in [9.17, 15) is 9.59 Å². The van der Waals surface area contributed by atoms with Crippen LogP contribution < -0.4 is 10.6 Å². The molecule has 23 heavy (non-hydrogen) atoms. The van der Waals surface area contributed by atoms with Crippen molar-refractivity contribution in [3.63, 3.8) is 0 Å². The molecule has 0 atom stereocenters. The van der Waals surface area contributed by atoms with Gasteiger partial charge in [0.2, 0.25) is 0 Å². The molecule has 6 nitrogen and oxygen atoms in total. The van der Waals surface area contributed by atoms with Gasteiger partial charge in [0.1, 0.15) is 0 Å². The molecule has 6 heteroatoms. The largest absolute Gasteiger partial charge is 0.465 e. The number of hydrogen-bond donors (Lipinski definition) is 4. The molecule has 0 saturated carbocycles. The van der Waals surface area contributed by atoms with E-state index < -0.39 is 12.2 Å². The molecule has 0 aliphatic rings. The Morgan fingerprint density at radius 3 is 1.26 bits per heavy atom. The van der Waals surface area contributed by atoms with Crippen LogP contribution in [0.2, 0.25) is 0 Å². The van der Waals surface area contributed by atoms with Gasteiger partial charge in [0, 0.05) is 13.1 Å². The third-order valence-electron chi connectivity index (χ3n) is 3.34. The molecule has 0 spiro atoms. The Labute approximate surface area is 133 Å². The van der Waals surface area contributed by atoms with Crippen molar-refractivity contribution in [1.82, 2.24) is 10.6 Å². The number of carboxylic acid groups (broad SMARTS) is 2. The molecule has 4 N–H and O–H groups in total. The van der Waals surface area contributed by atoms with Gasteiger partial charge in [-0.25, -0.2) is 9.59 Å². The van der Waals surface area contributed by atoms with E-state index in [4.69, 9.17) is 10.2 Å². The van der Waals surface area contributed by atoms with E-state index in [1.807, 2.05) is 48.5 Å². The second-order valence-electron chi connectivity index (χ2n) is 5.13. The van der Waals surface area contributed by atoms with Gasteiger partial charge >= 0.3 is 12.2 Å². The monoisotopic (exact) mass is 314 g/mol. The van der Waals surface area contributed by atoms with E-state index in [0.717, 1.165) is 28.7 Å². The van der Waals surface area contributed by atoms with Gasteiger partial charge in [0.15, 0.2) is 0 Å². The summed E-state index contributed by atoms with van der Waals surface area (Å²) in [5.74, 6) is 0. The molecule has 0 fully saturated rings. The molecule has 120 valence electrons. The SMILES string of the molecule is O=C(O)NCc1ccc(Cc2ccc(CNC(=O)O)cc2)cc1. The Hall–Kier alpha value is -3.02. The number of rotatable bonds is 6. The van der Waals surface area contributed by atoms with Crippen molar-refractivity contribution >= 4 is 12.2 Å². The zero-order valence-electron chi connectivity index (χ0n) is 12.5. The molecular weight excluding hydrogens is 296 g/mol. The molecule has 0 radical (unpaired) electrons. The van der Waals surface area contributed by atoms with Crippen LogP contribution in [0.4, 0.5) is 9.59 Å². The summed E-state index contributed by atoms with van der Waals surface area (Å²) in [6.45, 7) is 0.585. The third kappa shape index (κ3) is 5.70. The number of hydrogen-bond acceptors (Lipinski definition) is 2. The lowest BCUT2D eigenvalue weighted by Gasteiger charge is -2.06. The number of nitrogens with one attached hydrogen (secondary N) is 2. The number of amides is 2. The minimum atomic E-state index is -1.04. The molecule has 0 aliphatic carbocycles. The van der Waals surface area contributed by atoms with E-state index in [1.165, 1.54) is 0 Å². The maximum absolute atomic E-state index is 10.4. The normalized spacial score (nSPS) is 10.1. The van der Waals surface area contributed by atoms with Gasteiger partial charge in [-0.1, -0.05) is 48.5 Å². The first kappa shape index (κ1) is 16.4. The summed E-state index contributed by atoms with van der Waals surface area (Å²) in [4.78, 5) is 20.9. The Morgan fingerprint density at radius 1 is 0.652 bits per heavy atom. The number of carbonyl (C=O) groups is 2. The van der Waals surface area contributed by atoms with Gasteiger partial charge < -0.3 is 20.8 Å². The van der Waals surface area contributed by atoms with E-state index in [-0.39, 0.29) is 0 Å². The quantitative estimate of drug-likeness (QED) is 0.659. The highest BCUT2D eigenvalue weighted by atomic mass is 16.4. The molecule has 0 bridgehead atoms. The van der Waals surface area contributed by atoms with E-state index in [2.05, 4.69) is 10.6 Å². The van der Waals surface area contributed by atoms with Crippen LogP contribution in [-0.2, 0) is 19.5 Å². The molecule has 0 unspecified atom stereocenters. The van der Waals surface area contributed by atoms with Crippen molar-refractivity contribution in [2.75, 3.05) is 0 Å². The molecule has 2 rings (SSSR count). The minimum absolute atomic E-state index is 0.293. The first-order valence-corrected chi connectivity index (χ1v) is 7.12. The zero-order valence-corrected chi connectivity index (χ0v) is 12.5. The van der Waals surface area contributed by atoms with Gasteiger partial charge in [0.25, 0.3) is 0 Å². The molecular formula is C17H18N2O4. The minimum Gasteiger partial charge on any atom is -0.465 e. The van der Waals surface area contributed by atoms with Gasteiger partial charge in [-0.15, -0.1) is 0 Å². The Morgan fingerprint density at radius 2 is 0.957 bits per heavy atom. The fourth-order valence-corrected chi connectivity index (χ4v) is 2.14. The smallest absolute Gasteiger partial charge is 0.404 e. The Balaban J connectivity index is 1.91. The molecule has 2 amide bonds. The van der Waals surface area contributed by atoms with Crippen LogP contribution in [0.1, 0.15) is 22.3 Å². The predicted molar refractivity (Wildman–Crippen MR) is 85.4 cm³/mol. The van der Waals surface area contributed by atoms with E-state index >= 15 is 0 Å². The summed E-state index contributed by atoms with van der Waals surface area (Å²) in [6.07, 6.45) is -1.31. The first-order chi connectivity index (χ1) is 11.0. The summed E-state index contributed by atoms with van der Waals surface area (Å²) in [5, 5.41) is 21.8. The molecule has 0 aliphatic heterocycles. The summed E-state index contributed by atoms with van der Waals surface area (Å²) >= 11 is 0. The highest BCUT2D eigenvalue weighted by Crippen LogP contribution is 2.12. The van der Waals surface area contributed by atoms with Crippen LogP contribution in [0.3, 0.4) is 0 Å². The average Bonchev–Trinajstić information content (AvgIpc) is 2.53. The van der Waals surface area contributed by atoms with E-state index in [0.29, 0.717) is 13.1 Å². The van der Waals surface area contributed by atoms with Crippen molar-refractivity contribution in [3.8, 4) is 0 Å². The second kappa shape index (κ2) is 7.84. The van der Waals surface area contributed by atoms with Crippen molar-refractivity contribution in [2.24, 2.45) is 0 Å². The van der Waals surface area contributed by atoms with Crippen molar-refractivity contribution in [2.45, 2.75) is 19.5 Å². The summed E-state index contributed by atoms with van der Waals surface area (Å²) in [5.41, 5.74) is 4.07. The van der Waals surface area contributed by atoms with Crippen molar-refractivity contribution < 1.29 is 19.8 Å². The fraction of sp³-hybridized carbons (Fsp3) is 0.176. The number of benzene rings is 2. The lowest BCUT2D eigenvalue weighted by atomic mass is 10.0. The topological polar surface area (TPSA) is 98.7 Å². The maximum atomic E-state index is 10.4. The summed E-state index contributed by atoms with van der Waals surface area (Å²) in [6, 6.07) is 15.5. The lowest BCUT2D eigenvalue weighted by Crippen LogP contribution is -2.19. The van der Waals surface area contributed by atoms with Crippen molar-refractivity contribution in [1.29, 1.82) is 0 Å². The van der Waals surface area contributed by atoms with Gasteiger partial charge in [-0.3, -0.25) is 0 Å². The highest BCUT2D eigenvalue weighted by molar-refractivity contribution is 5.64. The summed E-state index contributed by atoms with van der Waals surface area (Å²) < 4.78 is 0. The molecule has 2 aromatic rings. The van der Waals surface area contributed by atoms with Crippen LogP contribution in [0.15, 0.2) is 48.5 Å². The summed E-state index contributed by atoms with van der Waals surface area (Å²) in [7, 11) is 0.